The van der Waals surface area contributed by atoms with Crippen LogP contribution < -0.4 is 76.1 Å². The average Bonchev–Trinajstić information content (AvgIpc) is 1.62. The van der Waals surface area contributed by atoms with E-state index >= 15 is 0 Å². The molecule has 1 fully saturated rings. The first-order valence-electron chi connectivity index (χ1n) is 32.9. The van der Waals surface area contributed by atoms with Gasteiger partial charge in [0.1, 0.15) is 60.7 Å². The van der Waals surface area contributed by atoms with Gasteiger partial charge >= 0.3 is 0 Å². The molecule has 0 spiro atoms. The number of rotatable bonds is 43. The van der Waals surface area contributed by atoms with Crippen LogP contribution in [0.3, 0.4) is 0 Å². The summed E-state index contributed by atoms with van der Waals surface area (Å²) in [6, 6.07) is -7.11. The lowest BCUT2D eigenvalue weighted by atomic mass is 9.99. The number of imidazole rings is 1. The summed E-state index contributed by atoms with van der Waals surface area (Å²) in [7, 11) is 0. The van der Waals surface area contributed by atoms with Crippen molar-refractivity contribution in [2.45, 2.75) is 192 Å². The van der Waals surface area contributed by atoms with Crippen LogP contribution in [-0.4, -0.2) is 213 Å². The van der Waals surface area contributed by atoms with Gasteiger partial charge in [0.2, 0.25) is 70.9 Å². The van der Waals surface area contributed by atoms with Crippen molar-refractivity contribution in [3.63, 3.8) is 0 Å². The van der Waals surface area contributed by atoms with Crippen molar-refractivity contribution >= 4 is 106 Å². The monoisotopic (exact) mass is 1390 g/mol. The van der Waals surface area contributed by atoms with E-state index in [-0.39, 0.29) is 94.6 Å². The number of aromatic amines is 2. The fraction of sp³-hybridized carbons (Fsp3) is 0.609. The van der Waals surface area contributed by atoms with Crippen molar-refractivity contribution in [1.82, 2.24) is 73.0 Å². The van der Waals surface area contributed by atoms with Crippen LogP contribution in [0.25, 0.3) is 10.9 Å². The number of H-pyrrole nitrogens is 2. The molecule has 0 saturated carbocycles. The number of primary amides is 1. The molecule has 0 aliphatic carbocycles. The predicted octanol–water partition coefficient (Wildman–Crippen LogP) is -3.10. The maximum Gasteiger partial charge on any atom is 0.245 e. The molecule has 1 aliphatic heterocycles. The summed E-state index contributed by atoms with van der Waals surface area (Å²) in [5.74, 6) is -10.1. The van der Waals surface area contributed by atoms with Crippen LogP contribution >= 0.6 is 11.8 Å². The van der Waals surface area contributed by atoms with Crippen LogP contribution in [0.4, 0.5) is 0 Å². The van der Waals surface area contributed by atoms with Gasteiger partial charge in [-0.1, -0.05) is 59.7 Å². The third-order valence-corrected chi connectivity index (χ3v) is 16.5. The number of aliphatic imine (C=N–C) groups is 1. The van der Waals surface area contributed by atoms with Gasteiger partial charge < -0.3 is 101 Å². The van der Waals surface area contributed by atoms with E-state index in [0.29, 0.717) is 47.0 Å². The zero-order valence-corrected chi connectivity index (χ0v) is 57.9. The first kappa shape index (κ1) is 81.2. The molecule has 3 aromatic rings. The number of para-hydroxylation sites is 1. The number of aliphatic hydroxyl groups is 1. The van der Waals surface area contributed by atoms with E-state index in [1.807, 2.05) is 13.8 Å². The normalized spacial score (nSPS) is 15.9. The van der Waals surface area contributed by atoms with Gasteiger partial charge in [-0.05, 0) is 106 Å². The number of aldehydes is 1. The lowest BCUT2D eigenvalue weighted by Crippen LogP contribution is -2.61. The number of nitrogens with two attached hydrogens (primary N) is 4. The van der Waals surface area contributed by atoms with Gasteiger partial charge in [0.15, 0.2) is 5.96 Å². The van der Waals surface area contributed by atoms with E-state index < -0.39 is 157 Å². The SMILES string of the molecule is CSCC[C@H](NC(=O)[C@H](CC(C)C)NC(=O)[C@H](CCC(N)=O)NC(=O)[C@H](Cc1c[nH]c2ccccc12)NC(=O)[C@H](CC(C)C)NC(=O)[C@H](CCCN=C(N)N)NC(=O)[C@H](Cc1cnc[nH]1)NC(=O)[C@H](CO)NC(=O)[C@@H](N)CC(C)C)C(=O)NCC(=O)N1CCC[C@H]1C(=O)N[C@@H](C)C=O. The number of benzene rings is 1. The van der Waals surface area contributed by atoms with Crippen LogP contribution in [0, 0.1) is 17.8 Å². The fourth-order valence-corrected chi connectivity index (χ4v) is 11.3. The summed E-state index contributed by atoms with van der Waals surface area (Å²) in [6.45, 7) is 11.1. The second-order valence-electron chi connectivity index (χ2n) is 25.6. The molecule has 34 heteroatoms. The Labute approximate surface area is 574 Å². The zero-order chi connectivity index (χ0) is 72.8. The number of hydrogen-bond acceptors (Lipinski definition) is 18. The van der Waals surface area contributed by atoms with Crippen LogP contribution in [0.15, 0.2) is 48.0 Å². The highest BCUT2D eigenvalue weighted by atomic mass is 32.2. The van der Waals surface area contributed by atoms with Crippen molar-refractivity contribution in [2.75, 3.05) is 38.2 Å². The Morgan fingerprint density at radius 2 is 1.17 bits per heavy atom. The van der Waals surface area contributed by atoms with Crippen molar-refractivity contribution in [3.8, 4) is 0 Å². The van der Waals surface area contributed by atoms with Gasteiger partial charge in [-0.3, -0.25) is 62.5 Å². The Kier molecular flexibility index (Phi) is 34.1. The molecule has 0 unspecified atom stereocenters. The largest absolute Gasteiger partial charge is 0.394 e. The predicted molar refractivity (Wildman–Crippen MR) is 366 cm³/mol. The molecule has 1 aromatic carbocycles. The number of carbonyl (C=O) groups is 13. The lowest BCUT2D eigenvalue weighted by molar-refractivity contribution is -0.139. The third-order valence-electron chi connectivity index (χ3n) is 15.9. The summed E-state index contributed by atoms with van der Waals surface area (Å²) in [5.41, 5.74) is 24.4. The molecule has 12 amide bonds. The molecule has 98 heavy (non-hydrogen) atoms. The lowest BCUT2D eigenvalue weighted by Gasteiger charge is -2.29. The highest BCUT2D eigenvalue weighted by Crippen LogP contribution is 2.21. The standard InChI is InChI=1S/C64H101N19O14S/c1-34(2)23-41(65)54(88)82-50(32-85)62(96)81-49(27-39-29-69-33-73-39)61(95)75-43(15-11-20-70-64(67)68)56(90)78-47(25-36(5)6)59(93)80-48(26-38-28-71-42-14-10-9-13-40(38)42)60(94)76-44(17-18-52(66)86)57(91)79-46(24-35(3)4)58(92)77-45(19-22-98-8)55(89)72-30-53(87)83-21-12-16-51(83)63(97)74-37(7)31-84/h9-10,13-14,28-29,31,33-37,41,43-51,71,85H,11-12,15-27,30,32,65H2,1-8H3,(H2,66,86)(H,69,73)(H,72,89)(H,74,97)(H,75,95)(H,76,94)(H,77,92)(H,78,90)(H,79,91)(H,80,93)(H,81,96)(H,82,88)(H4,67,68,70)/t37-,41-,43-,44-,45-,46-,47-,48-,49-,50-,51-/m0/s1. The highest BCUT2D eigenvalue weighted by Gasteiger charge is 2.38. The molecule has 11 atom stereocenters. The van der Waals surface area contributed by atoms with Gasteiger partial charge in [0.25, 0.3) is 0 Å². The molecule has 3 heterocycles. The number of fused-ring (bicyclic) bond motifs is 1. The summed E-state index contributed by atoms with van der Waals surface area (Å²) in [5, 5.41) is 37.2. The first-order chi connectivity index (χ1) is 46.4. The van der Waals surface area contributed by atoms with Crippen LogP contribution in [0.1, 0.15) is 124 Å². The highest BCUT2D eigenvalue weighted by molar-refractivity contribution is 7.98. The minimum absolute atomic E-state index is 0.00367. The molecular weight excluding hydrogens is 1290 g/mol. The van der Waals surface area contributed by atoms with Crippen molar-refractivity contribution in [1.29, 1.82) is 0 Å². The Morgan fingerprint density at radius 1 is 0.653 bits per heavy atom. The van der Waals surface area contributed by atoms with E-state index in [4.69, 9.17) is 22.9 Å². The molecule has 0 bridgehead atoms. The summed E-state index contributed by atoms with van der Waals surface area (Å²) < 4.78 is 0. The first-order valence-corrected chi connectivity index (χ1v) is 34.3. The maximum atomic E-state index is 15.0. The number of aromatic nitrogens is 3. The smallest absolute Gasteiger partial charge is 0.245 e. The number of carbonyl (C=O) groups excluding carboxylic acids is 13. The second-order valence-corrected chi connectivity index (χ2v) is 26.6. The Hall–Kier alpha value is -9.18. The maximum absolute atomic E-state index is 15.0. The number of guanidine groups is 1. The summed E-state index contributed by atoms with van der Waals surface area (Å²) in [6.07, 6.45) is 6.59. The van der Waals surface area contributed by atoms with Crippen molar-refractivity contribution in [3.05, 3.63) is 54.2 Å². The van der Waals surface area contributed by atoms with Crippen LogP contribution in [0.5, 0.6) is 0 Å². The summed E-state index contributed by atoms with van der Waals surface area (Å²) in [4.78, 5) is 194. The number of likely N-dealkylation sites (tertiary alicyclic amines) is 1. The number of hydrogen-bond donors (Lipinski definition) is 17. The molecule has 1 aliphatic rings. The Balaban J connectivity index is 1.64. The van der Waals surface area contributed by atoms with Gasteiger partial charge in [0.05, 0.1) is 31.6 Å². The number of thioether (sulfide) groups is 1. The van der Waals surface area contributed by atoms with E-state index in [1.165, 1.54) is 36.1 Å². The van der Waals surface area contributed by atoms with Crippen LogP contribution in [0.2, 0.25) is 0 Å². The average molecular weight is 1390 g/mol. The molecule has 2 aromatic heterocycles. The van der Waals surface area contributed by atoms with E-state index in [9.17, 15) is 67.4 Å². The molecule has 33 nitrogen and oxygen atoms in total. The Morgan fingerprint density at radius 3 is 1.71 bits per heavy atom. The molecule has 0 radical (unpaired) electrons. The number of aliphatic hydroxyl groups excluding tert-OH is 1. The van der Waals surface area contributed by atoms with Crippen molar-refractivity contribution < 1.29 is 67.4 Å². The number of nitrogens with zero attached hydrogens (tertiary/aromatic N) is 3. The topological polar surface area (TPSA) is 527 Å². The van der Waals surface area contributed by atoms with Gasteiger partial charge in [-0.15, -0.1) is 0 Å². The third kappa shape index (κ3) is 27.4. The van der Waals surface area contributed by atoms with E-state index in [2.05, 4.69) is 73.1 Å². The molecule has 21 N–H and O–H groups in total. The quantitative estimate of drug-likeness (QED) is 0.0115. The summed E-state index contributed by atoms with van der Waals surface area (Å²) >= 11 is 1.38. The minimum Gasteiger partial charge on any atom is -0.394 e. The Bertz CT molecular complexity index is 3210. The molecule has 4 rings (SSSR count). The fourth-order valence-electron chi connectivity index (χ4n) is 10.9. The number of nitrogens with one attached hydrogen (secondary N) is 12. The van der Waals surface area contributed by atoms with Gasteiger partial charge in [0, 0.05) is 61.3 Å². The second kappa shape index (κ2) is 41.2. The van der Waals surface area contributed by atoms with Crippen molar-refractivity contribution in [2.24, 2.45) is 45.7 Å². The van der Waals surface area contributed by atoms with E-state index in [0.717, 1.165) is 0 Å². The molecular formula is C64H101N19O14S. The molecule has 1 saturated heterocycles. The van der Waals surface area contributed by atoms with Gasteiger partial charge in [-0.2, -0.15) is 11.8 Å². The number of amides is 12. The molecule has 542 valence electrons. The van der Waals surface area contributed by atoms with E-state index in [1.54, 1.807) is 64.4 Å². The minimum atomic E-state index is -1.59. The van der Waals surface area contributed by atoms with Gasteiger partial charge in [-0.25, -0.2) is 4.98 Å². The van der Waals surface area contributed by atoms with Crippen LogP contribution in [-0.2, 0) is 75.2 Å². The zero-order valence-electron chi connectivity index (χ0n) is 57.0.